The van der Waals surface area contributed by atoms with E-state index in [2.05, 4.69) is 9.97 Å². The average molecular weight is 213 g/mol. The van der Waals surface area contributed by atoms with Crippen molar-refractivity contribution < 1.29 is 4.42 Å². The van der Waals surface area contributed by atoms with Crippen LogP contribution in [0.25, 0.3) is 0 Å². The maximum absolute atomic E-state index is 5.48. The molecule has 0 aliphatic rings. The van der Waals surface area contributed by atoms with Crippen molar-refractivity contribution in [3.8, 4) is 0 Å². The first kappa shape index (κ1) is 8.58. The van der Waals surface area contributed by atoms with Crippen molar-refractivity contribution in [1.82, 2.24) is 9.97 Å². The molecule has 2 aromatic rings. The number of hydrogen-bond donors (Lipinski definition) is 1. The fourth-order valence-electron chi connectivity index (χ4n) is 0.796. The SMILES string of the molecule is Nc1ncc(SCc2ncco2)s1. The second-order valence-corrected chi connectivity index (χ2v) is 4.57. The van der Waals surface area contributed by atoms with Crippen LogP contribution in [0.2, 0.25) is 0 Å². The standard InChI is InChI=1S/C7H7N3OS2/c8-7-10-3-6(13-7)12-4-5-9-1-2-11-5/h1-3H,4H2,(H2,8,10). The summed E-state index contributed by atoms with van der Waals surface area (Å²) in [7, 11) is 0. The first-order valence-corrected chi connectivity index (χ1v) is 5.37. The monoisotopic (exact) mass is 213 g/mol. The number of rotatable bonds is 3. The van der Waals surface area contributed by atoms with Crippen LogP contribution in [0.15, 0.2) is 27.3 Å². The van der Waals surface area contributed by atoms with E-state index in [4.69, 9.17) is 10.2 Å². The summed E-state index contributed by atoms with van der Waals surface area (Å²) in [6.07, 6.45) is 4.96. The molecular formula is C7H7N3OS2. The van der Waals surface area contributed by atoms with Crippen LogP contribution in [0.5, 0.6) is 0 Å². The van der Waals surface area contributed by atoms with Gasteiger partial charge >= 0.3 is 0 Å². The van der Waals surface area contributed by atoms with Crippen LogP contribution >= 0.6 is 23.1 Å². The molecule has 4 nitrogen and oxygen atoms in total. The van der Waals surface area contributed by atoms with E-state index in [9.17, 15) is 0 Å². The van der Waals surface area contributed by atoms with Gasteiger partial charge in [0.25, 0.3) is 0 Å². The minimum Gasteiger partial charge on any atom is -0.448 e. The minimum atomic E-state index is 0.593. The normalized spacial score (nSPS) is 10.5. The number of oxazole rings is 1. The Bertz CT molecular complexity index is 371. The Morgan fingerprint density at radius 1 is 1.54 bits per heavy atom. The maximum Gasteiger partial charge on any atom is 0.204 e. The molecule has 2 N–H and O–H groups in total. The van der Waals surface area contributed by atoms with Gasteiger partial charge in [0.1, 0.15) is 6.26 Å². The summed E-state index contributed by atoms with van der Waals surface area (Å²) in [4.78, 5) is 7.94. The summed E-state index contributed by atoms with van der Waals surface area (Å²) in [5.74, 6) is 1.44. The van der Waals surface area contributed by atoms with E-state index in [1.54, 1.807) is 30.4 Å². The Morgan fingerprint density at radius 3 is 3.08 bits per heavy atom. The lowest BCUT2D eigenvalue weighted by molar-refractivity contribution is 0.517. The van der Waals surface area contributed by atoms with Crippen LogP contribution in [0.3, 0.4) is 0 Å². The fraction of sp³-hybridized carbons (Fsp3) is 0.143. The fourth-order valence-corrected chi connectivity index (χ4v) is 2.42. The van der Waals surface area contributed by atoms with E-state index in [1.165, 1.54) is 11.3 Å². The van der Waals surface area contributed by atoms with Crippen molar-refractivity contribution >= 4 is 28.2 Å². The van der Waals surface area contributed by atoms with E-state index in [0.29, 0.717) is 10.9 Å². The molecule has 0 radical (unpaired) electrons. The van der Waals surface area contributed by atoms with Gasteiger partial charge in [-0.3, -0.25) is 0 Å². The predicted octanol–water partition coefficient (Wildman–Crippen LogP) is 2.01. The smallest absolute Gasteiger partial charge is 0.204 e. The van der Waals surface area contributed by atoms with E-state index < -0.39 is 0 Å². The number of aromatic nitrogens is 2. The molecule has 0 aliphatic heterocycles. The molecule has 2 aromatic heterocycles. The van der Waals surface area contributed by atoms with Gasteiger partial charge < -0.3 is 10.2 Å². The van der Waals surface area contributed by atoms with E-state index in [-0.39, 0.29) is 0 Å². The van der Waals surface area contributed by atoms with Crippen LogP contribution in [0.4, 0.5) is 5.13 Å². The maximum atomic E-state index is 5.48. The topological polar surface area (TPSA) is 64.9 Å². The molecule has 68 valence electrons. The van der Waals surface area contributed by atoms with Crippen molar-refractivity contribution in [3.63, 3.8) is 0 Å². The van der Waals surface area contributed by atoms with Crippen LogP contribution in [0.1, 0.15) is 5.89 Å². The predicted molar refractivity (Wildman–Crippen MR) is 52.6 cm³/mol. The highest BCUT2D eigenvalue weighted by Gasteiger charge is 2.02. The quantitative estimate of drug-likeness (QED) is 0.790. The van der Waals surface area contributed by atoms with Crippen molar-refractivity contribution in [1.29, 1.82) is 0 Å². The van der Waals surface area contributed by atoms with Gasteiger partial charge in [-0.25, -0.2) is 9.97 Å². The second-order valence-electron chi connectivity index (χ2n) is 2.23. The van der Waals surface area contributed by atoms with Crippen molar-refractivity contribution in [3.05, 3.63) is 24.5 Å². The van der Waals surface area contributed by atoms with Crippen LogP contribution in [-0.4, -0.2) is 9.97 Å². The molecule has 0 fully saturated rings. The molecular weight excluding hydrogens is 206 g/mol. The first-order chi connectivity index (χ1) is 6.34. The van der Waals surface area contributed by atoms with Crippen molar-refractivity contribution in [2.45, 2.75) is 9.96 Å². The Hall–Kier alpha value is -1.01. The Labute approximate surface area is 83.2 Å². The van der Waals surface area contributed by atoms with E-state index in [1.807, 2.05) is 0 Å². The number of anilines is 1. The van der Waals surface area contributed by atoms with Gasteiger partial charge in [0.15, 0.2) is 5.13 Å². The molecule has 0 aliphatic carbocycles. The summed E-state index contributed by atoms with van der Waals surface area (Å²) in [5.41, 5.74) is 5.48. The Kier molecular flexibility index (Phi) is 2.51. The Morgan fingerprint density at radius 2 is 2.46 bits per heavy atom. The third-order valence-electron chi connectivity index (χ3n) is 1.32. The van der Waals surface area contributed by atoms with Gasteiger partial charge in [0.05, 0.1) is 22.4 Å². The molecule has 0 saturated heterocycles. The average Bonchev–Trinajstić information content (AvgIpc) is 2.71. The zero-order valence-electron chi connectivity index (χ0n) is 6.64. The number of nitrogen functional groups attached to an aromatic ring is 1. The minimum absolute atomic E-state index is 0.593. The molecule has 0 unspecified atom stereocenters. The van der Waals surface area contributed by atoms with Crippen molar-refractivity contribution in [2.24, 2.45) is 0 Å². The Balaban J connectivity index is 1.93. The zero-order valence-corrected chi connectivity index (χ0v) is 8.27. The van der Waals surface area contributed by atoms with Crippen LogP contribution in [0, 0.1) is 0 Å². The van der Waals surface area contributed by atoms with Gasteiger partial charge in [-0.05, 0) is 0 Å². The molecule has 2 rings (SSSR count). The van der Waals surface area contributed by atoms with Gasteiger partial charge in [-0.15, -0.1) is 11.8 Å². The zero-order chi connectivity index (χ0) is 9.10. The molecule has 0 atom stereocenters. The third kappa shape index (κ3) is 2.22. The number of thiazole rings is 1. The van der Waals surface area contributed by atoms with Gasteiger partial charge in [-0.2, -0.15) is 0 Å². The molecule has 13 heavy (non-hydrogen) atoms. The third-order valence-corrected chi connectivity index (χ3v) is 3.33. The number of nitrogens with zero attached hydrogens (tertiary/aromatic N) is 2. The molecule has 2 heterocycles. The summed E-state index contributed by atoms with van der Waals surface area (Å²) in [6, 6.07) is 0. The molecule has 0 saturated carbocycles. The van der Waals surface area contributed by atoms with Crippen molar-refractivity contribution in [2.75, 3.05) is 5.73 Å². The van der Waals surface area contributed by atoms with Gasteiger partial charge in [0, 0.05) is 0 Å². The highest BCUT2D eigenvalue weighted by atomic mass is 32.2. The van der Waals surface area contributed by atoms with E-state index >= 15 is 0 Å². The summed E-state index contributed by atoms with van der Waals surface area (Å²) < 4.78 is 6.16. The molecule has 0 bridgehead atoms. The number of thioether (sulfide) groups is 1. The number of nitrogens with two attached hydrogens (primary N) is 1. The largest absolute Gasteiger partial charge is 0.448 e. The summed E-state index contributed by atoms with van der Waals surface area (Å²) in [6.45, 7) is 0. The lowest BCUT2D eigenvalue weighted by Gasteiger charge is -1.90. The highest BCUT2D eigenvalue weighted by molar-refractivity contribution is 8.00. The first-order valence-electron chi connectivity index (χ1n) is 3.57. The lowest BCUT2D eigenvalue weighted by Crippen LogP contribution is -1.77. The van der Waals surface area contributed by atoms with Crippen LogP contribution < -0.4 is 5.73 Å². The molecule has 0 aromatic carbocycles. The molecule has 6 heteroatoms. The molecule has 0 amide bonds. The summed E-state index contributed by atoms with van der Waals surface area (Å²) in [5, 5.41) is 0.593. The second kappa shape index (κ2) is 3.80. The highest BCUT2D eigenvalue weighted by Crippen LogP contribution is 2.28. The van der Waals surface area contributed by atoms with Gasteiger partial charge in [-0.1, -0.05) is 11.3 Å². The summed E-state index contributed by atoms with van der Waals surface area (Å²) >= 11 is 3.09. The number of hydrogen-bond acceptors (Lipinski definition) is 6. The molecule has 0 spiro atoms. The van der Waals surface area contributed by atoms with Gasteiger partial charge in [0.2, 0.25) is 5.89 Å². The van der Waals surface area contributed by atoms with Crippen LogP contribution in [-0.2, 0) is 5.75 Å². The van der Waals surface area contributed by atoms with E-state index in [0.717, 1.165) is 10.1 Å². The lowest BCUT2D eigenvalue weighted by atomic mass is 10.8.